The van der Waals surface area contributed by atoms with E-state index in [9.17, 15) is 0 Å². The van der Waals surface area contributed by atoms with E-state index in [1.54, 1.807) is 0 Å². The number of fused-ring (bicyclic) bond motifs is 7. The third-order valence-electron chi connectivity index (χ3n) is 7.79. The number of rotatable bonds is 1. The SMILES string of the molecule is c1ccc2c(c1)oc1cccc(-c3ccc4c5c3cccc5c3cccc5oc6ccccc6n4-c53)c12. The molecule has 0 spiro atoms. The molecule has 3 nitrogen and oxygen atoms in total. The van der Waals surface area contributed by atoms with Crippen LogP contribution in [0, 0.1) is 0 Å². The second-order valence-corrected chi connectivity index (χ2v) is 9.69. The van der Waals surface area contributed by atoms with E-state index in [4.69, 9.17) is 8.83 Å². The molecule has 0 radical (unpaired) electrons. The Morgan fingerprint density at radius 1 is 0.378 bits per heavy atom. The lowest BCUT2D eigenvalue weighted by molar-refractivity contribution is 0.648. The fraction of sp³-hybridized carbons (Fsp3) is 0. The minimum Gasteiger partial charge on any atom is -0.456 e. The van der Waals surface area contributed by atoms with Gasteiger partial charge < -0.3 is 13.4 Å². The number of nitrogens with zero attached hydrogens (tertiary/aromatic N) is 1. The third kappa shape index (κ3) is 2.41. The predicted octanol–water partition coefficient (Wildman–Crippen LogP) is 9.69. The van der Waals surface area contributed by atoms with E-state index in [0.717, 1.165) is 44.3 Å². The predicted molar refractivity (Wildman–Crippen MR) is 152 cm³/mol. The van der Waals surface area contributed by atoms with Crippen molar-refractivity contribution in [2.45, 2.75) is 0 Å². The Hall–Kier alpha value is -5.02. The smallest absolute Gasteiger partial charge is 0.152 e. The summed E-state index contributed by atoms with van der Waals surface area (Å²) >= 11 is 0. The molecule has 6 aromatic carbocycles. The monoisotopic (exact) mass is 473 g/mol. The fourth-order valence-electron chi connectivity index (χ4n) is 6.30. The second kappa shape index (κ2) is 6.80. The molecule has 9 rings (SSSR count). The van der Waals surface area contributed by atoms with Crippen molar-refractivity contribution >= 4 is 65.7 Å². The van der Waals surface area contributed by atoms with Crippen LogP contribution in [0.15, 0.2) is 124 Å². The molecule has 0 fully saturated rings. The zero-order valence-corrected chi connectivity index (χ0v) is 19.7. The first kappa shape index (κ1) is 19.2. The van der Waals surface area contributed by atoms with Crippen LogP contribution in [0.4, 0.5) is 0 Å². The molecule has 1 aromatic heterocycles. The van der Waals surface area contributed by atoms with E-state index in [0.29, 0.717) is 0 Å². The molecule has 3 heteroatoms. The Morgan fingerprint density at radius 3 is 2.03 bits per heavy atom. The van der Waals surface area contributed by atoms with E-state index >= 15 is 0 Å². The van der Waals surface area contributed by atoms with Gasteiger partial charge >= 0.3 is 0 Å². The van der Waals surface area contributed by atoms with Crippen LogP contribution >= 0.6 is 0 Å². The van der Waals surface area contributed by atoms with Crippen molar-refractivity contribution in [3.63, 3.8) is 0 Å². The molecule has 0 unspecified atom stereocenters. The van der Waals surface area contributed by atoms with Gasteiger partial charge in [-0.15, -0.1) is 0 Å². The van der Waals surface area contributed by atoms with Gasteiger partial charge in [-0.2, -0.15) is 0 Å². The van der Waals surface area contributed by atoms with Crippen LogP contribution in [0.1, 0.15) is 0 Å². The Kier molecular flexibility index (Phi) is 3.53. The summed E-state index contributed by atoms with van der Waals surface area (Å²) in [4.78, 5) is 0. The minimum absolute atomic E-state index is 0.874. The van der Waals surface area contributed by atoms with Gasteiger partial charge in [-0.05, 0) is 58.3 Å². The van der Waals surface area contributed by atoms with Crippen LogP contribution < -0.4 is 0 Å². The standard InChI is InChI=1S/C34H19NO2/c1-3-14-28-25(8-1)33-22(11-6-16-30(33)36-28)20-18-19-27-32-21(20)9-5-10-23(32)24-12-7-17-31-34(24)35(27)26-13-2-4-15-29(26)37-31/h1-19H. The van der Waals surface area contributed by atoms with Crippen molar-refractivity contribution in [3.8, 4) is 16.8 Å². The van der Waals surface area contributed by atoms with E-state index in [-0.39, 0.29) is 0 Å². The quantitative estimate of drug-likeness (QED) is 0.175. The summed E-state index contributed by atoms with van der Waals surface area (Å²) < 4.78 is 15.0. The van der Waals surface area contributed by atoms with Gasteiger partial charge in [0.05, 0.1) is 16.7 Å². The van der Waals surface area contributed by atoms with Gasteiger partial charge in [0.1, 0.15) is 11.2 Å². The van der Waals surface area contributed by atoms with Crippen molar-refractivity contribution in [3.05, 3.63) is 115 Å². The van der Waals surface area contributed by atoms with Gasteiger partial charge in [0.25, 0.3) is 0 Å². The lowest BCUT2D eigenvalue weighted by atomic mass is 9.91. The highest BCUT2D eigenvalue weighted by atomic mass is 16.3. The zero-order valence-electron chi connectivity index (χ0n) is 19.7. The molecule has 0 aliphatic carbocycles. The van der Waals surface area contributed by atoms with Gasteiger partial charge in [-0.3, -0.25) is 0 Å². The van der Waals surface area contributed by atoms with Crippen LogP contribution in [0.5, 0.6) is 0 Å². The summed E-state index contributed by atoms with van der Waals surface area (Å²) in [6.07, 6.45) is 0. The Morgan fingerprint density at radius 2 is 1.05 bits per heavy atom. The highest BCUT2D eigenvalue weighted by Gasteiger charge is 2.22. The fourth-order valence-corrected chi connectivity index (χ4v) is 6.30. The molecule has 37 heavy (non-hydrogen) atoms. The number of para-hydroxylation sites is 4. The van der Waals surface area contributed by atoms with Crippen molar-refractivity contribution in [1.29, 1.82) is 0 Å². The number of furan rings is 1. The first-order valence-electron chi connectivity index (χ1n) is 12.5. The third-order valence-corrected chi connectivity index (χ3v) is 7.79. The largest absolute Gasteiger partial charge is 0.456 e. The maximum atomic E-state index is 6.36. The summed E-state index contributed by atoms with van der Waals surface area (Å²) in [6.45, 7) is 0. The molecular weight excluding hydrogens is 454 g/mol. The topological polar surface area (TPSA) is 31.2 Å². The molecular formula is C34H19NO2. The van der Waals surface area contributed by atoms with Gasteiger partial charge in [-0.25, -0.2) is 0 Å². The maximum Gasteiger partial charge on any atom is 0.152 e. The molecule has 172 valence electrons. The first-order chi connectivity index (χ1) is 18.4. The summed E-state index contributed by atoms with van der Waals surface area (Å²) in [5.41, 5.74) is 9.33. The first-order valence-corrected chi connectivity index (χ1v) is 12.5. The summed E-state index contributed by atoms with van der Waals surface area (Å²) in [7, 11) is 0. The molecule has 2 aliphatic heterocycles. The van der Waals surface area contributed by atoms with Crippen molar-refractivity contribution in [1.82, 2.24) is 4.57 Å². The minimum atomic E-state index is 0.874. The molecule has 3 heterocycles. The molecule has 0 N–H and O–H groups in total. The van der Waals surface area contributed by atoms with Gasteiger partial charge in [0, 0.05) is 21.5 Å². The Balaban J connectivity index is 1.52. The molecule has 0 bridgehead atoms. The van der Waals surface area contributed by atoms with Crippen molar-refractivity contribution in [2.75, 3.05) is 0 Å². The zero-order chi connectivity index (χ0) is 24.1. The summed E-state index contributed by atoms with van der Waals surface area (Å²) in [5, 5.41) is 7.21. The lowest BCUT2D eigenvalue weighted by Gasteiger charge is -2.23. The van der Waals surface area contributed by atoms with E-state index in [1.807, 2.05) is 24.3 Å². The van der Waals surface area contributed by atoms with Crippen LogP contribution in [0.25, 0.3) is 82.5 Å². The lowest BCUT2D eigenvalue weighted by Crippen LogP contribution is -2.05. The van der Waals surface area contributed by atoms with E-state index in [2.05, 4.69) is 95.6 Å². The van der Waals surface area contributed by atoms with Crippen molar-refractivity contribution in [2.24, 2.45) is 0 Å². The molecule has 0 atom stereocenters. The summed E-state index contributed by atoms with van der Waals surface area (Å²) in [5.74, 6) is 0. The maximum absolute atomic E-state index is 6.36. The van der Waals surface area contributed by atoms with E-state index < -0.39 is 0 Å². The molecule has 0 saturated heterocycles. The highest BCUT2D eigenvalue weighted by molar-refractivity contribution is 6.24. The van der Waals surface area contributed by atoms with Crippen LogP contribution in [-0.2, 0) is 0 Å². The second-order valence-electron chi connectivity index (χ2n) is 9.69. The number of pyridine rings is 1. The number of hydrogen-bond donors (Lipinski definition) is 0. The molecule has 7 aromatic rings. The molecule has 2 aliphatic rings. The average molecular weight is 474 g/mol. The molecule has 0 amide bonds. The summed E-state index contributed by atoms with van der Waals surface area (Å²) in [6, 6.07) is 40.5. The number of benzene rings is 6. The van der Waals surface area contributed by atoms with Gasteiger partial charge in [0.2, 0.25) is 0 Å². The van der Waals surface area contributed by atoms with E-state index in [1.165, 1.54) is 38.2 Å². The van der Waals surface area contributed by atoms with Crippen LogP contribution in [-0.4, -0.2) is 4.57 Å². The average Bonchev–Trinajstić information content (AvgIpc) is 3.34. The number of aromatic nitrogens is 1. The Labute approximate surface area is 211 Å². The molecule has 0 saturated carbocycles. The highest BCUT2D eigenvalue weighted by Crippen LogP contribution is 2.45. The normalized spacial score (nSPS) is 12.3. The van der Waals surface area contributed by atoms with Crippen molar-refractivity contribution < 1.29 is 8.83 Å². The van der Waals surface area contributed by atoms with Gasteiger partial charge in [-0.1, -0.05) is 78.9 Å². The van der Waals surface area contributed by atoms with Gasteiger partial charge in [0.15, 0.2) is 11.2 Å². The van der Waals surface area contributed by atoms with Crippen LogP contribution in [0.3, 0.4) is 0 Å². The van der Waals surface area contributed by atoms with Crippen LogP contribution in [0.2, 0.25) is 0 Å². The Bertz CT molecular complexity index is 2310. The number of hydrogen-bond acceptors (Lipinski definition) is 2.